The minimum atomic E-state index is -0.481. The predicted molar refractivity (Wildman–Crippen MR) is 72.9 cm³/mol. The quantitative estimate of drug-likeness (QED) is 0.604. The Morgan fingerprint density at radius 3 is 2.19 bits per heavy atom. The minimum Gasteiger partial charge on any atom is -0.328 e. The molecule has 88 valence electrons. The summed E-state index contributed by atoms with van der Waals surface area (Å²) in [6.07, 6.45) is 0. The Morgan fingerprint density at radius 1 is 1.31 bits per heavy atom. The first-order valence-electron chi connectivity index (χ1n) is 4.23. The Balaban J connectivity index is 3.23. The lowest BCUT2D eigenvalue weighted by atomic mass is 10.3. The average molecular weight is 418 g/mol. The lowest BCUT2D eigenvalue weighted by Crippen LogP contribution is -2.35. The highest BCUT2D eigenvalue weighted by atomic mass is 79.9. The fraction of sp³-hybridized carbons (Fsp3) is 0.250. The number of hydrogen-bond acceptors (Lipinski definition) is 3. The molecule has 0 spiro atoms. The van der Waals surface area contributed by atoms with Crippen molar-refractivity contribution in [2.24, 2.45) is 5.73 Å². The van der Waals surface area contributed by atoms with Gasteiger partial charge in [-0.2, -0.15) is 0 Å². The van der Waals surface area contributed by atoms with Crippen molar-refractivity contribution in [1.29, 1.82) is 0 Å². The summed E-state index contributed by atoms with van der Waals surface area (Å²) in [6, 6.07) is 3.49. The van der Waals surface area contributed by atoms with Crippen molar-refractivity contribution in [2.45, 2.75) is 0 Å². The van der Waals surface area contributed by atoms with Gasteiger partial charge in [0.1, 0.15) is 5.69 Å². The molecule has 0 unspecified atom stereocenters. The van der Waals surface area contributed by atoms with Crippen LogP contribution in [0.3, 0.4) is 0 Å². The number of hydrazine groups is 1. The highest BCUT2D eigenvalue weighted by Gasteiger charge is 2.22. The van der Waals surface area contributed by atoms with Crippen molar-refractivity contribution in [3.05, 3.63) is 35.7 Å². The van der Waals surface area contributed by atoms with Gasteiger partial charge in [0.15, 0.2) is 5.03 Å². The van der Waals surface area contributed by atoms with Crippen molar-refractivity contribution in [2.75, 3.05) is 18.1 Å². The summed E-state index contributed by atoms with van der Waals surface area (Å²) < 4.78 is 2.07. The topological polar surface area (TPSA) is 72.4 Å². The maximum Gasteiger partial charge on any atom is 0.165 e. The van der Waals surface area contributed by atoms with E-state index in [0.29, 0.717) is 14.6 Å². The Labute approximate surface area is 117 Å². The van der Waals surface area contributed by atoms with Gasteiger partial charge in [-0.3, -0.25) is 0 Å². The van der Waals surface area contributed by atoms with Crippen LogP contribution in [0.15, 0.2) is 25.6 Å². The molecule has 0 aliphatic heterocycles. The van der Waals surface area contributed by atoms with Gasteiger partial charge in [-0.15, -0.1) is 0 Å². The highest BCUT2D eigenvalue weighted by Crippen LogP contribution is 2.36. The third kappa shape index (κ3) is 3.16. The Hall–Kier alpha value is -0.180. The van der Waals surface area contributed by atoms with E-state index >= 15 is 0 Å². The van der Waals surface area contributed by atoms with E-state index in [4.69, 9.17) is 5.73 Å². The molecule has 1 aromatic carbocycles. The summed E-state index contributed by atoms with van der Waals surface area (Å²) in [5, 5.41) is 11.4. The second kappa shape index (κ2) is 5.95. The van der Waals surface area contributed by atoms with Crippen LogP contribution in [0.25, 0.3) is 0 Å². The monoisotopic (exact) mass is 415 g/mol. The lowest BCUT2D eigenvalue weighted by Gasteiger charge is -2.16. The number of anilines is 1. The molecule has 0 fully saturated rings. The smallest absolute Gasteiger partial charge is 0.165 e. The third-order valence-electron chi connectivity index (χ3n) is 1.78. The van der Waals surface area contributed by atoms with Crippen molar-refractivity contribution in [1.82, 2.24) is 0 Å². The average Bonchev–Trinajstić information content (AvgIpc) is 2.14. The van der Waals surface area contributed by atoms with Gasteiger partial charge in [0.05, 0.1) is 6.54 Å². The van der Waals surface area contributed by atoms with Gasteiger partial charge in [0.25, 0.3) is 0 Å². The number of nitro groups is 1. The van der Waals surface area contributed by atoms with E-state index in [0.717, 1.165) is 9.48 Å². The summed E-state index contributed by atoms with van der Waals surface area (Å²) in [4.78, 5) is 10.9. The molecule has 0 aromatic heterocycles. The zero-order valence-electron chi connectivity index (χ0n) is 7.99. The van der Waals surface area contributed by atoms with E-state index in [1.54, 1.807) is 12.1 Å². The Morgan fingerprint density at radius 2 is 1.81 bits per heavy atom. The molecule has 0 radical (unpaired) electrons. The molecule has 0 saturated carbocycles. The Bertz CT molecular complexity index is 391. The van der Waals surface area contributed by atoms with E-state index in [-0.39, 0.29) is 13.1 Å². The molecule has 2 N–H and O–H groups in total. The van der Waals surface area contributed by atoms with Crippen LogP contribution in [0.5, 0.6) is 0 Å². The number of halogens is 3. The van der Waals surface area contributed by atoms with E-state index in [9.17, 15) is 10.1 Å². The zero-order chi connectivity index (χ0) is 12.3. The van der Waals surface area contributed by atoms with Crippen LogP contribution in [0.1, 0.15) is 0 Å². The molecule has 0 saturated heterocycles. The molecule has 0 aliphatic rings. The number of nitrogens with two attached hydrogens (primary N) is 1. The molecule has 0 heterocycles. The normalized spacial score (nSPS) is 10.2. The molecule has 1 rings (SSSR count). The van der Waals surface area contributed by atoms with Crippen LogP contribution in [-0.4, -0.2) is 18.1 Å². The summed E-state index contributed by atoms with van der Waals surface area (Å²) in [6.45, 7) is 0.349. The molecule has 5 nitrogen and oxygen atoms in total. The molecular weight excluding hydrogens is 410 g/mol. The molecule has 8 heteroatoms. The molecule has 1 aromatic rings. The second-order valence-corrected chi connectivity index (χ2v) is 5.49. The van der Waals surface area contributed by atoms with Crippen LogP contribution < -0.4 is 10.7 Å². The minimum absolute atomic E-state index is 0.145. The summed E-state index contributed by atoms with van der Waals surface area (Å²) in [7, 11) is 0. The van der Waals surface area contributed by atoms with Gasteiger partial charge in [0, 0.05) is 20.0 Å². The van der Waals surface area contributed by atoms with Crippen LogP contribution in [0, 0.1) is 10.1 Å². The summed E-state index contributed by atoms with van der Waals surface area (Å²) in [5.41, 5.74) is 5.81. The fourth-order valence-corrected chi connectivity index (χ4v) is 3.85. The first-order valence-corrected chi connectivity index (χ1v) is 6.61. The van der Waals surface area contributed by atoms with E-state index in [1.165, 1.54) is 0 Å². The van der Waals surface area contributed by atoms with Crippen LogP contribution in [0.2, 0.25) is 0 Å². The predicted octanol–water partition coefficient (Wildman–Crippen LogP) is 2.93. The number of nitrogens with zero attached hydrogens (tertiary/aromatic N) is 2. The molecule has 0 bridgehead atoms. The van der Waals surface area contributed by atoms with Crippen molar-refractivity contribution in [3.63, 3.8) is 0 Å². The molecule has 0 atom stereocenters. The Kier molecular flexibility index (Phi) is 5.16. The maximum absolute atomic E-state index is 10.9. The van der Waals surface area contributed by atoms with Crippen molar-refractivity contribution in [3.8, 4) is 0 Å². The van der Waals surface area contributed by atoms with Gasteiger partial charge < -0.3 is 5.73 Å². The van der Waals surface area contributed by atoms with E-state index in [1.807, 2.05) is 0 Å². The maximum atomic E-state index is 10.9. The number of hydrogen-bond donors (Lipinski definition) is 1. The van der Waals surface area contributed by atoms with E-state index < -0.39 is 5.03 Å². The van der Waals surface area contributed by atoms with E-state index in [2.05, 4.69) is 47.8 Å². The van der Waals surface area contributed by atoms with Crippen LogP contribution in [0.4, 0.5) is 5.69 Å². The summed E-state index contributed by atoms with van der Waals surface area (Å²) in [5.74, 6) is 0. The van der Waals surface area contributed by atoms with Gasteiger partial charge in [-0.05, 0) is 44.0 Å². The van der Waals surface area contributed by atoms with Gasteiger partial charge in [0.2, 0.25) is 0 Å². The van der Waals surface area contributed by atoms with Crippen LogP contribution in [-0.2, 0) is 0 Å². The zero-order valence-corrected chi connectivity index (χ0v) is 12.7. The molecule has 0 amide bonds. The first-order chi connectivity index (χ1) is 7.47. The first kappa shape index (κ1) is 13.9. The molecular formula is C8H8Br3N3O2. The van der Waals surface area contributed by atoms with Crippen molar-refractivity contribution < 1.29 is 5.03 Å². The highest BCUT2D eigenvalue weighted by molar-refractivity contribution is 9.11. The molecule has 16 heavy (non-hydrogen) atoms. The lowest BCUT2D eigenvalue weighted by molar-refractivity contribution is -0.494. The van der Waals surface area contributed by atoms with Gasteiger partial charge in [-0.25, -0.2) is 10.1 Å². The van der Waals surface area contributed by atoms with Gasteiger partial charge in [-0.1, -0.05) is 20.9 Å². The van der Waals surface area contributed by atoms with Crippen molar-refractivity contribution >= 4 is 53.5 Å². The molecule has 0 aliphatic carbocycles. The number of benzene rings is 1. The summed E-state index contributed by atoms with van der Waals surface area (Å²) >= 11 is 9.88. The standard InChI is InChI=1S/C8H8Br3N3O2/c9-5-3-6(10)8(7(11)4-5)13(2-1-12)14(15)16/h3-4H,1-2,12H2. The fourth-order valence-electron chi connectivity index (χ4n) is 1.18. The van der Waals surface area contributed by atoms with Gasteiger partial charge >= 0.3 is 0 Å². The SMILES string of the molecule is NCCN(c1c(Br)cc(Br)cc1Br)[N+](=O)[O-]. The third-order valence-corrected chi connectivity index (χ3v) is 3.44. The number of rotatable bonds is 4. The van der Waals surface area contributed by atoms with Crippen LogP contribution >= 0.6 is 47.8 Å². The largest absolute Gasteiger partial charge is 0.328 e. The second-order valence-electron chi connectivity index (χ2n) is 2.87.